The van der Waals surface area contributed by atoms with E-state index in [2.05, 4.69) is 27.4 Å². The third-order valence-corrected chi connectivity index (χ3v) is 6.47. The van der Waals surface area contributed by atoms with Crippen LogP contribution in [0.1, 0.15) is 16.2 Å². The minimum Gasteiger partial charge on any atom is -0.455 e. The van der Waals surface area contributed by atoms with Gasteiger partial charge in [-0.15, -0.1) is 11.3 Å². The summed E-state index contributed by atoms with van der Waals surface area (Å²) < 4.78 is 28.4. The summed E-state index contributed by atoms with van der Waals surface area (Å²) in [6.07, 6.45) is 3.05. The van der Waals surface area contributed by atoms with Gasteiger partial charge in [-0.2, -0.15) is 5.10 Å². The first kappa shape index (κ1) is 19.2. The number of hydrogen-bond donors (Lipinski definition) is 2. The number of nitrogens with two attached hydrogens (primary N) is 1. The van der Waals surface area contributed by atoms with E-state index in [1.54, 1.807) is 41.8 Å². The van der Waals surface area contributed by atoms with E-state index in [1.807, 2.05) is 6.92 Å². The van der Waals surface area contributed by atoms with Crippen molar-refractivity contribution >= 4 is 43.6 Å². The molecule has 0 fully saturated rings. The zero-order valence-corrected chi connectivity index (χ0v) is 17.2. The topological polar surface area (TPSA) is 123 Å². The summed E-state index contributed by atoms with van der Waals surface area (Å²) in [4.78, 5) is 10.7. The van der Waals surface area contributed by atoms with Crippen molar-refractivity contribution in [2.24, 2.45) is 10.2 Å². The first-order valence-electron chi connectivity index (χ1n) is 8.56. The number of benzene rings is 1. The van der Waals surface area contributed by atoms with Gasteiger partial charge in [0.05, 0.1) is 16.5 Å². The van der Waals surface area contributed by atoms with Crippen molar-refractivity contribution in [3.63, 3.8) is 0 Å². The number of furan rings is 1. The lowest BCUT2D eigenvalue weighted by molar-refractivity contribution is 0.575. The number of hydrogen-bond acceptors (Lipinski definition) is 8. The number of sulfonamides is 1. The molecule has 0 saturated heterocycles. The molecule has 0 saturated carbocycles. The predicted octanol–water partition coefficient (Wildman–Crippen LogP) is 3.66. The van der Waals surface area contributed by atoms with Crippen LogP contribution in [0.25, 0.3) is 21.5 Å². The van der Waals surface area contributed by atoms with Crippen LogP contribution >= 0.6 is 11.3 Å². The molecule has 3 N–H and O–H groups in total. The fraction of sp³-hybridized carbons (Fsp3) is 0.105. The highest BCUT2D eigenvalue weighted by Gasteiger charge is 2.12. The van der Waals surface area contributed by atoms with Gasteiger partial charge < -0.3 is 4.42 Å². The van der Waals surface area contributed by atoms with Gasteiger partial charge >= 0.3 is 0 Å². The molecule has 10 heteroatoms. The van der Waals surface area contributed by atoms with Crippen LogP contribution in [-0.2, 0) is 10.0 Å². The van der Waals surface area contributed by atoms with E-state index in [0.29, 0.717) is 17.3 Å². The quantitative estimate of drug-likeness (QED) is 0.370. The van der Waals surface area contributed by atoms with Crippen molar-refractivity contribution in [3.8, 4) is 11.3 Å². The first-order chi connectivity index (χ1) is 13.8. The van der Waals surface area contributed by atoms with Crippen LogP contribution < -0.4 is 10.6 Å². The molecule has 1 aromatic carbocycles. The van der Waals surface area contributed by atoms with E-state index in [9.17, 15) is 8.42 Å². The second-order valence-electron chi connectivity index (χ2n) is 6.33. The Balaban J connectivity index is 1.52. The molecule has 0 radical (unpaired) electrons. The number of aryl methyl sites for hydroxylation is 2. The maximum Gasteiger partial charge on any atom is 0.238 e. The SMILES string of the molecule is Cc1sc2ncnc(N/N=C/c3ccc(-c4ccc(S(N)(=O)=O)cc4)o3)c2c1C. The molecule has 4 aromatic rings. The summed E-state index contributed by atoms with van der Waals surface area (Å²) >= 11 is 1.62. The van der Waals surface area contributed by atoms with Crippen molar-refractivity contribution in [2.75, 3.05) is 5.43 Å². The van der Waals surface area contributed by atoms with Gasteiger partial charge in [-0.3, -0.25) is 5.43 Å². The molecule has 4 rings (SSSR count). The number of fused-ring (bicyclic) bond motifs is 1. The molecule has 0 aliphatic heterocycles. The molecule has 0 atom stereocenters. The molecule has 3 heterocycles. The van der Waals surface area contributed by atoms with Crippen molar-refractivity contribution in [1.29, 1.82) is 0 Å². The van der Waals surface area contributed by atoms with Crippen LogP contribution in [0, 0.1) is 13.8 Å². The van der Waals surface area contributed by atoms with E-state index in [-0.39, 0.29) is 4.90 Å². The number of thiophene rings is 1. The maximum atomic E-state index is 11.3. The van der Waals surface area contributed by atoms with Crippen LogP contribution in [0.15, 0.2) is 57.1 Å². The zero-order valence-electron chi connectivity index (χ0n) is 15.6. The van der Waals surface area contributed by atoms with Gasteiger partial charge in [-0.1, -0.05) is 0 Å². The summed E-state index contributed by atoms with van der Waals surface area (Å²) in [5.41, 5.74) is 4.81. The maximum absolute atomic E-state index is 11.3. The fourth-order valence-electron chi connectivity index (χ4n) is 2.81. The number of rotatable bonds is 5. The second kappa shape index (κ2) is 7.39. The van der Waals surface area contributed by atoms with E-state index in [4.69, 9.17) is 9.56 Å². The molecule has 0 spiro atoms. The average Bonchev–Trinajstić information content (AvgIpc) is 3.27. The Morgan fingerprint density at radius 1 is 1.14 bits per heavy atom. The molecule has 0 aliphatic carbocycles. The molecule has 8 nitrogen and oxygen atoms in total. The number of anilines is 1. The van der Waals surface area contributed by atoms with E-state index >= 15 is 0 Å². The largest absolute Gasteiger partial charge is 0.455 e. The predicted molar refractivity (Wildman–Crippen MR) is 114 cm³/mol. The van der Waals surface area contributed by atoms with Gasteiger partial charge in [-0.05, 0) is 55.8 Å². The van der Waals surface area contributed by atoms with Crippen LogP contribution in [0.2, 0.25) is 0 Å². The number of hydrazone groups is 1. The second-order valence-corrected chi connectivity index (χ2v) is 9.09. The highest BCUT2D eigenvalue weighted by molar-refractivity contribution is 7.89. The molecular formula is C19H17N5O3S2. The van der Waals surface area contributed by atoms with Crippen LogP contribution in [0.4, 0.5) is 5.82 Å². The number of nitrogens with one attached hydrogen (secondary N) is 1. The Kier molecular flexibility index (Phi) is 4.91. The lowest BCUT2D eigenvalue weighted by Gasteiger charge is -2.01. The van der Waals surface area contributed by atoms with Gasteiger partial charge in [0.25, 0.3) is 0 Å². The zero-order chi connectivity index (χ0) is 20.6. The van der Waals surface area contributed by atoms with Gasteiger partial charge in [0.15, 0.2) is 5.82 Å². The van der Waals surface area contributed by atoms with Crippen LogP contribution in [-0.4, -0.2) is 24.6 Å². The summed E-state index contributed by atoms with van der Waals surface area (Å²) in [7, 11) is -3.72. The van der Waals surface area contributed by atoms with Gasteiger partial charge in [-0.25, -0.2) is 23.5 Å². The number of nitrogens with zero attached hydrogens (tertiary/aromatic N) is 3. The number of primary sulfonamides is 1. The summed E-state index contributed by atoms with van der Waals surface area (Å²) in [6.45, 7) is 4.08. The normalized spacial score (nSPS) is 12.1. The summed E-state index contributed by atoms with van der Waals surface area (Å²) in [6, 6.07) is 9.70. The van der Waals surface area contributed by atoms with Crippen LogP contribution in [0.5, 0.6) is 0 Å². The Morgan fingerprint density at radius 3 is 2.62 bits per heavy atom. The highest BCUT2D eigenvalue weighted by Crippen LogP contribution is 2.32. The molecule has 0 unspecified atom stereocenters. The Labute approximate surface area is 171 Å². The van der Waals surface area contributed by atoms with Crippen molar-refractivity contribution in [3.05, 3.63) is 58.9 Å². The van der Waals surface area contributed by atoms with Gasteiger partial charge in [0.2, 0.25) is 10.0 Å². The Hall–Kier alpha value is -3.08. The third kappa shape index (κ3) is 3.90. The minimum absolute atomic E-state index is 0.0499. The van der Waals surface area contributed by atoms with Crippen molar-refractivity contribution < 1.29 is 12.8 Å². The Morgan fingerprint density at radius 2 is 1.90 bits per heavy atom. The first-order valence-corrected chi connectivity index (χ1v) is 10.9. The molecule has 3 aromatic heterocycles. The van der Waals surface area contributed by atoms with Gasteiger partial charge in [0.1, 0.15) is 22.7 Å². The molecule has 0 aliphatic rings. The average molecular weight is 428 g/mol. The molecule has 29 heavy (non-hydrogen) atoms. The fourth-order valence-corrected chi connectivity index (χ4v) is 4.32. The standard InChI is InChI=1S/C19H17N5O3S2/c1-11-12(2)28-19-17(11)18(21-10-22-19)24-23-9-14-5-8-16(27-14)13-3-6-15(7-4-13)29(20,25)26/h3-10H,1-2H3,(H2,20,25,26)(H,21,22,24)/b23-9+. The smallest absolute Gasteiger partial charge is 0.238 e. The van der Waals surface area contributed by atoms with Crippen LogP contribution in [0.3, 0.4) is 0 Å². The molecule has 0 amide bonds. The van der Waals surface area contributed by atoms with E-state index < -0.39 is 10.0 Å². The Bertz CT molecular complexity index is 1320. The van der Waals surface area contributed by atoms with Gasteiger partial charge in [0, 0.05) is 10.4 Å². The number of aromatic nitrogens is 2. The minimum atomic E-state index is -3.72. The summed E-state index contributed by atoms with van der Waals surface area (Å²) in [5.74, 6) is 1.76. The van der Waals surface area contributed by atoms with Crippen molar-refractivity contribution in [2.45, 2.75) is 18.7 Å². The van der Waals surface area contributed by atoms with E-state index in [0.717, 1.165) is 21.3 Å². The lowest BCUT2D eigenvalue weighted by Crippen LogP contribution is -2.11. The molecule has 148 valence electrons. The molecular weight excluding hydrogens is 410 g/mol. The summed E-state index contributed by atoms with van der Waals surface area (Å²) in [5, 5.41) is 10.3. The third-order valence-electron chi connectivity index (χ3n) is 4.42. The molecule has 0 bridgehead atoms. The lowest BCUT2D eigenvalue weighted by atomic mass is 10.2. The van der Waals surface area contributed by atoms with E-state index in [1.165, 1.54) is 23.3 Å². The highest BCUT2D eigenvalue weighted by atomic mass is 32.2. The van der Waals surface area contributed by atoms with Crippen molar-refractivity contribution in [1.82, 2.24) is 9.97 Å². The monoisotopic (exact) mass is 427 g/mol.